The molecule has 2 saturated heterocycles. The van der Waals surface area contributed by atoms with Gasteiger partial charge in [0.05, 0.1) is 0 Å². The Morgan fingerprint density at radius 3 is 2.26 bits per heavy atom. The fourth-order valence-electron chi connectivity index (χ4n) is 4.49. The van der Waals surface area contributed by atoms with Crippen LogP contribution in [0.25, 0.3) is 0 Å². The van der Waals surface area contributed by atoms with Gasteiger partial charge < -0.3 is 10.2 Å². The van der Waals surface area contributed by atoms with Crippen LogP contribution in [0.1, 0.15) is 50.1 Å². The van der Waals surface area contributed by atoms with Gasteiger partial charge in [-0.1, -0.05) is 30.3 Å². The lowest BCUT2D eigenvalue weighted by molar-refractivity contribution is 0.106. The van der Waals surface area contributed by atoms with Gasteiger partial charge in [-0.3, -0.25) is 4.90 Å². The number of nitrogens with zero attached hydrogens (tertiary/aromatic N) is 2. The molecule has 2 heterocycles. The Bertz CT molecular complexity index is 491. The molecule has 0 amide bonds. The largest absolute Gasteiger partial charge is 0.311 e. The maximum atomic E-state index is 4.00. The molecule has 4 rings (SSSR count). The average molecular weight is 313 g/mol. The zero-order chi connectivity index (χ0) is 15.6. The molecule has 2 aliphatic heterocycles. The summed E-state index contributed by atoms with van der Waals surface area (Å²) in [4.78, 5) is 5.25. The normalized spacial score (nSPS) is 31.3. The van der Waals surface area contributed by atoms with Crippen LogP contribution in [0.15, 0.2) is 30.3 Å². The molecule has 126 valence electrons. The molecule has 3 heteroatoms. The van der Waals surface area contributed by atoms with Crippen molar-refractivity contribution in [2.45, 2.75) is 62.7 Å². The van der Waals surface area contributed by atoms with Gasteiger partial charge in [0.1, 0.15) is 0 Å². The van der Waals surface area contributed by atoms with E-state index in [2.05, 4.69) is 52.5 Å². The lowest BCUT2D eigenvalue weighted by Crippen LogP contribution is -2.50. The zero-order valence-electron chi connectivity index (χ0n) is 14.5. The Kier molecular flexibility index (Phi) is 4.70. The number of hydrogen-bond acceptors (Lipinski definition) is 3. The summed E-state index contributed by atoms with van der Waals surface area (Å²) in [5.41, 5.74) is 1.52. The van der Waals surface area contributed by atoms with E-state index in [9.17, 15) is 0 Å². The second-order valence-corrected chi connectivity index (χ2v) is 7.86. The van der Waals surface area contributed by atoms with Crippen molar-refractivity contribution in [3.63, 3.8) is 0 Å². The highest BCUT2D eigenvalue weighted by atomic mass is 15.2. The highest BCUT2D eigenvalue weighted by molar-refractivity contribution is 5.21. The predicted molar refractivity (Wildman–Crippen MR) is 95.6 cm³/mol. The van der Waals surface area contributed by atoms with Crippen molar-refractivity contribution >= 4 is 0 Å². The third-order valence-electron chi connectivity index (χ3n) is 6.03. The first-order valence-electron chi connectivity index (χ1n) is 9.55. The minimum absolute atomic E-state index is 0.626. The first kappa shape index (κ1) is 15.6. The van der Waals surface area contributed by atoms with Crippen molar-refractivity contribution < 1.29 is 0 Å². The van der Waals surface area contributed by atoms with Gasteiger partial charge in [0.25, 0.3) is 0 Å². The number of benzene rings is 1. The topological polar surface area (TPSA) is 18.5 Å². The van der Waals surface area contributed by atoms with Crippen LogP contribution in [0.5, 0.6) is 0 Å². The fraction of sp³-hybridized carbons (Fsp3) is 0.700. The van der Waals surface area contributed by atoms with E-state index in [0.29, 0.717) is 12.1 Å². The molecule has 0 spiro atoms. The minimum Gasteiger partial charge on any atom is -0.311 e. The smallest absolute Gasteiger partial charge is 0.0365 e. The summed E-state index contributed by atoms with van der Waals surface area (Å²) in [6, 6.07) is 14.1. The summed E-state index contributed by atoms with van der Waals surface area (Å²) >= 11 is 0. The van der Waals surface area contributed by atoms with Crippen molar-refractivity contribution in [2.24, 2.45) is 0 Å². The van der Waals surface area contributed by atoms with Crippen LogP contribution in [0, 0.1) is 0 Å². The third kappa shape index (κ3) is 3.78. The summed E-state index contributed by atoms with van der Waals surface area (Å²) in [7, 11) is 2.25. The van der Waals surface area contributed by atoms with Crippen LogP contribution in [-0.2, 0) is 0 Å². The number of likely N-dealkylation sites (tertiary alicyclic amines) is 2. The van der Waals surface area contributed by atoms with E-state index in [0.717, 1.165) is 12.1 Å². The van der Waals surface area contributed by atoms with E-state index in [1.165, 1.54) is 63.7 Å². The summed E-state index contributed by atoms with van der Waals surface area (Å²) in [5, 5.41) is 4.00. The molecule has 2 atom stereocenters. The number of nitrogens with one attached hydrogen (secondary N) is 1. The molecule has 1 aromatic carbocycles. The maximum Gasteiger partial charge on any atom is 0.0365 e. The molecule has 3 nitrogen and oxygen atoms in total. The lowest BCUT2D eigenvalue weighted by Gasteiger charge is -2.42. The van der Waals surface area contributed by atoms with Crippen LogP contribution in [0.4, 0.5) is 0 Å². The molecule has 3 aliphatic rings. The summed E-state index contributed by atoms with van der Waals surface area (Å²) in [5.74, 6) is 0. The number of rotatable bonds is 4. The van der Waals surface area contributed by atoms with Gasteiger partial charge >= 0.3 is 0 Å². The molecule has 1 N–H and O–H groups in total. The first-order valence-corrected chi connectivity index (χ1v) is 9.55. The Balaban J connectivity index is 1.41. The van der Waals surface area contributed by atoms with Gasteiger partial charge in [0, 0.05) is 30.7 Å². The molecule has 0 radical (unpaired) electrons. The molecule has 1 aliphatic carbocycles. The quantitative estimate of drug-likeness (QED) is 0.922. The van der Waals surface area contributed by atoms with E-state index in [4.69, 9.17) is 0 Å². The van der Waals surface area contributed by atoms with Crippen molar-refractivity contribution in [3.8, 4) is 0 Å². The maximum absolute atomic E-state index is 4.00. The van der Waals surface area contributed by atoms with Gasteiger partial charge in [-0.05, 0) is 64.2 Å². The van der Waals surface area contributed by atoms with Crippen LogP contribution in [0.3, 0.4) is 0 Å². The van der Waals surface area contributed by atoms with Crippen LogP contribution in [0.2, 0.25) is 0 Å². The second kappa shape index (κ2) is 6.92. The van der Waals surface area contributed by atoms with Crippen molar-refractivity contribution in [1.29, 1.82) is 0 Å². The summed E-state index contributed by atoms with van der Waals surface area (Å²) in [6.45, 7) is 3.77. The lowest BCUT2D eigenvalue weighted by atomic mass is 9.90. The van der Waals surface area contributed by atoms with Crippen LogP contribution in [-0.4, -0.2) is 54.6 Å². The Morgan fingerprint density at radius 2 is 1.57 bits per heavy atom. The van der Waals surface area contributed by atoms with Crippen molar-refractivity contribution in [3.05, 3.63) is 35.9 Å². The third-order valence-corrected chi connectivity index (χ3v) is 6.03. The molecular formula is C20H31N3. The Labute approximate surface area is 141 Å². The first-order chi connectivity index (χ1) is 11.3. The second-order valence-electron chi connectivity index (χ2n) is 7.86. The molecule has 23 heavy (non-hydrogen) atoms. The van der Waals surface area contributed by atoms with E-state index in [1.807, 2.05) is 0 Å². The molecule has 0 aromatic heterocycles. The molecule has 3 fully saturated rings. The fourth-order valence-corrected chi connectivity index (χ4v) is 4.49. The highest BCUT2D eigenvalue weighted by Crippen LogP contribution is 2.40. The molecule has 2 unspecified atom stereocenters. The van der Waals surface area contributed by atoms with E-state index < -0.39 is 0 Å². The SMILES string of the molecule is CN1CCC(NC2CCN(C3CC3)C(c3ccccc3)C2)CC1. The van der Waals surface area contributed by atoms with Crippen LogP contribution < -0.4 is 5.32 Å². The molecular weight excluding hydrogens is 282 g/mol. The Hall–Kier alpha value is -0.900. The van der Waals surface area contributed by atoms with Gasteiger partial charge in [0.2, 0.25) is 0 Å². The molecule has 1 saturated carbocycles. The van der Waals surface area contributed by atoms with E-state index in [-0.39, 0.29) is 0 Å². The zero-order valence-corrected chi connectivity index (χ0v) is 14.5. The monoisotopic (exact) mass is 313 g/mol. The van der Waals surface area contributed by atoms with Gasteiger partial charge in [-0.2, -0.15) is 0 Å². The minimum atomic E-state index is 0.626. The van der Waals surface area contributed by atoms with Crippen LogP contribution >= 0.6 is 0 Å². The Morgan fingerprint density at radius 1 is 0.870 bits per heavy atom. The average Bonchev–Trinajstić information content (AvgIpc) is 3.43. The van der Waals surface area contributed by atoms with Crippen molar-refractivity contribution in [2.75, 3.05) is 26.7 Å². The van der Waals surface area contributed by atoms with E-state index in [1.54, 1.807) is 0 Å². The standard InChI is InChI=1S/C20H31N3/c1-22-12-9-17(10-13-22)21-18-11-14-23(19-7-8-19)20(15-18)16-5-3-2-4-6-16/h2-6,17-21H,7-15H2,1H3. The van der Waals surface area contributed by atoms with Crippen molar-refractivity contribution in [1.82, 2.24) is 15.1 Å². The highest BCUT2D eigenvalue weighted by Gasteiger charge is 2.38. The van der Waals surface area contributed by atoms with Gasteiger partial charge in [-0.25, -0.2) is 0 Å². The molecule has 1 aromatic rings. The van der Waals surface area contributed by atoms with Gasteiger partial charge in [0.15, 0.2) is 0 Å². The summed E-state index contributed by atoms with van der Waals surface area (Å²) in [6.07, 6.45) is 8.07. The van der Waals surface area contributed by atoms with E-state index >= 15 is 0 Å². The summed E-state index contributed by atoms with van der Waals surface area (Å²) < 4.78 is 0. The number of hydrogen-bond donors (Lipinski definition) is 1. The predicted octanol–water partition coefficient (Wildman–Crippen LogP) is 3.04. The number of piperidine rings is 2. The molecule has 0 bridgehead atoms. The van der Waals surface area contributed by atoms with Gasteiger partial charge in [-0.15, -0.1) is 0 Å².